The first-order valence-corrected chi connectivity index (χ1v) is 6.52. The van der Waals surface area contributed by atoms with Crippen molar-refractivity contribution in [3.05, 3.63) is 53.2 Å². The van der Waals surface area contributed by atoms with Crippen LogP contribution in [0.15, 0.2) is 36.9 Å². The molecule has 2 heterocycles. The molecule has 3 rings (SSSR count). The van der Waals surface area contributed by atoms with Gasteiger partial charge in [0, 0.05) is 6.20 Å². The van der Waals surface area contributed by atoms with Crippen LogP contribution >= 0.6 is 11.6 Å². The molecule has 0 aliphatic rings. The molecule has 104 valence electrons. The number of rotatable bonds is 2. The van der Waals surface area contributed by atoms with E-state index in [0.717, 1.165) is 0 Å². The molecule has 0 aliphatic carbocycles. The van der Waals surface area contributed by atoms with Crippen molar-refractivity contribution >= 4 is 34.4 Å². The summed E-state index contributed by atoms with van der Waals surface area (Å²) in [4.78, 5) is 28.5. The van der Waals surface area contributed by atoms with Gasteiger partial charge in [0.2, 0.25) is 0 Å². The monoisotopic (exact) mass is 299 g/mol. The van der Waals surface area contributed by atoms with E-state index in [1.165, 1.54) is 18.7 Å². The van der Waals surface area contributed by atoms with E-state index in [1.54, 1.807) is 25.1 Å². The molecule has 1 aromatic carbocycles. The highest BCUT2D eigenvalue weighted by Crippen LogP contribution is 2.20. The van der Waals surface area contributed by atoms with Gasteiger partial charge >= 0.3 is 0 Å². The topological polar surface area (TPSA) is 80.7 Å². The summed E-state index contributed by atoms with van der Waals surface area (Å²) in [6, 6.07) is 5.29. The average Bonchev–Trinajstić information content (AvgIpc) is 2.48. The molecule has 0 radical (unpaired) electrons. The predicted molar refractivity (Wildman–Crippen MR) is 79.3 cm³/mol. The second-order valence-corrected chi connectivity index (χ2v) is 4.75. The number of nitrogens with zero attached hydrogens (tertiary/aromatic N) is 4. The highest BCUT2D eigenvalue weighted by molar-refractivity contribution is 6.34. The molecule has 6 nitrogen and oxygen atoms in total. The maximum absolute atomic E-state index is 12.2. The number of halogens is 1. The van der Waals surface area contributed by atoms with Crippen LogP contribution in [0.1, 0.15) is 16.1 Å². The van der Waals surface area contributed by atoms with Gasteiger partial charge in [0.1, 0.15) is 11.8 Å². The normalized spacial score (nSPS) is 10.6. The molecule has 0 aliphatic heterocycles. The largest absolute Gasteiger partial charge is 0.305 e. The minimum absolute atomic E-state index is 0.330. The number of hydrogen-bond acceptors (Lipinski definition) is 5. The maximum atomic E-state index is 12.2. The Labute approximate surface area is 125 Å². The molecule has 1 amide bonds. The maximum Gasteiger partial charge on any atom is 0.260 e. The molecule has 7 heteroatoms. The third kappa shape index (κ3) is 2.66. The number of aryl methyl sites for hydroxylation is 1. The molecule has 3 aromatic rings. The third-order valence-corrected chi connectivity index (χ3v) is 3.23. The first-order valence-electron chi connectivity index (χ1n) is 6.14. The van der Waals surface area contributed by atoms with Crippen LogP contribution in [0.5, 0.6) is 0 Å². The molecule has 0 unspecified atom stereocenters. The first kappa shape index (κ1) is 13.4. The van der Waals surface area contributed by atoms with Gasteiger partial charge in [0.15, 0.2) is 5.82 Å². The van der Waals surface area contributed by atoms with E-state index in [4.69, 9.17) is 11.6 Å². The van der Waals surface area contributed by atoms with Gasteiger partial charge in [0.05, 0.1) is 28.0 Å². The van der Waals surface area contributed by atoms with E-state index in [9.17, 15) is 4.79 Å². The van der Waals surface area contributed by atoms with Crippen molar-refractivity contribution in [3.8, 4) is 0 Å². The van der Waals surface area contributed by atoms with Crippen LogP contribution < -0.4 is 5.32 Å². The quantitative estimate of drug-likeness (QED) is 0.786. The number of amides is 1. The van der Waals surface area contributed by atoms with E-state index in [1.807, 2.05) is 0 Å². The molecule has 0 bridgehead atoms. The number of benzene rings is 1. The summed E-state index contributed by atoms with van der Waals surface area (Å²) in [7, 11) is 0. The second kappa shape index (κ2) is 5.41. The van der Waals surface area contributed by atoms with Gasteiger partial charge in [-0.1, -0.05) is 17.7 Å². The minimum atomic E-state index is -0.330. The summed E-state index contributed by atoms with van der Waals surface area (Å²) >= 11 is 6.03. The van der Waals surface area contributed by atoms with E-state index >= 15 is 0 Å². The van der Waals surface area contributed by atoms with Crippen molar-refractivity contribution in [2.24, 2.45) is 0 Å². The number of para-hydroxylation sites is 1. The lowest BCUT2D eigenvalue weighted by Gasteiger charge is -2.06. The van der Waals surface area contributed by atoms with Gasteiger partial charge in [-0.25, -0.2) is 19.9 Å². The lowest BCUT2D eigenvalue weighted by Crippen LogP contribution is -2.15. The van der Waals surface area contributed by atoms with Crippen LogP contribution in [0.3, 0.4) is 0 Å². The van der Waals surface area contributed by atoms with Crippen LogP contribution in [-0.2, 0) is 0 Å². The highest BCUT2D eigenvalue weighted by Gasteiger charge is 2.12. The molecular weight excluding hydrogens is 290 g/mol. The molecule has 0 saturated carbocycles. The van der Waals surface area contributed by atoms with Gasteiger partial charge in [-0.2, -0.15) is 0 Å². The zero-order valence-corrected chi connectivity index (χ0v) is 11.8. The van der Waals surface area contributed by atoms with Crippen LogP contribution in [0.2, 0.25) is 5.02 Å². The number of aromatic nitrogens is 4. The molecule has 2 aromatic heterocycles. The molecular formula is C14H10ClN5O. The van der Waals surface area contributed by atoms with Crippen molar-refractivity contribution in [2.75, 3.05) is 5.32 Å². The smallest absolute Gasteiger partial charge is 0.260 e. The number of fused-ring (bicyclic) bond motifs is 1. The molecule has 1 N–H and O–H groups in total. The molecule has 0 atom stereocenters. The number of anilines is 1. The SMILES string of the molecule is Cc1ncncc1C(=O)Nc1cnc2c(Cl)cccc2n1. The summed E-state index contributed by atoms with van der Waals surface area (Å²) in [5.74, 6) is 0.0156. The Morgan fingerprint density at radius 3 is 2.90 bits per heavy atom. The highest BCUT2D eigenvalue weighted by atomic mass is 35.5. The fraction of sp³-hybridized carbons (Fsp3) is 0.0714. The lowest BCUT2D eigenvalue weighted by atomic mass is 10.2. The Hall–Kier alpha value is -2.60. The van der Waals surface area contributed by atoms with Gasteiger partial charge in [-0.15, -0.1) is 0 Å². The van der Waals surface area contributed by atoms with E-state index in [0.29, 0.717) is 33.1 Å². The Kier molecular flexibility index (Phi) is 3.45. The van der Waals surface area contributed by atoms with Gasteiger partial charge < -0.3 is 5.32 Å². The van der Waals surface area contributed by atoms with E-state index < -0.39 is 0 Å². The first-order chi connectivity index (χ1) is 10.1. The molecule has 21 heavy (non-hydrogen) atoms. The van der Waals surface area contributed by atoms with E-state index in [2.05, 4.69) is 25.3 Å². The number of carbonyl (C=O) groups excluding carboxylic acids is 1. The second-order valence-electron chi connectivity index (χ2n) is 4.34. The summed E-state index contributed by atoms with van der Waals surface area (Å²) in [6.45, 7) is 1.74. The van der Waals surface area contributed by atoms with Crippen LogP contribution in [0, 0.1) is 6.92 Å². The van der Waals surface area contributed by atoms with E-state index in [-0.39, 0.29) is 5.91 Å². The number of carbonyl (C=O) groups is 1. The van der Waals surface area contributed by atoms with Crippen LogP contribution in [-0.4, -0.2) is 25.8 Å². The Balaban J connectivity index is 1.92. The minimum Gasteiger partial charge on any atom is -0.305 e. The number of nitrogens with one attached hydrogen (secondary N) is 1. The van der Waals surface area contributed by atoms with Crippen LogP contribution in [0.4, 0.5) is 5.82 Å². The standard InChI is InChI=1S/C14H10ClN5O/c1-8-9(5-16-7-18-8)14(21)20-12-6-17-13-10(15)3-2-4-11(13)19-12/h2-7H,1H3,(H,19,20,21). The summed E-state index contributed by atoms with van der Waals surface area (Å²) in [5, 5.41) is 3.19. The van der Waals surface area contributed by atoms with Gasteiger partial charge in [-0.05, 0) is 19.1 Å². The zero-order valence-electron chi connectivity index (χ0n) is 11.0. The number of hydrogen-bond donors (Lipinski definition) is 1. The summed E-state index contributed by atoms with van der Waals surface area (Å²) in [6.07, 6.45) is 4.32. The fourth-order valence-electron chi connectivity index (χ4n) is 1.86. The third-order valence-electron chi connectivity index (χ3n) is 2.92. The summed E-state index contributed by atoms with van der Waals surface area (Å²) < 4.78 is 0. The Bertz CT molecular complexity index is 836. The molecule has 0 saturated heterocycles. The lowest BCUT2D eigenvalue weighted by molar-refractivity contribution is 0.102. The van der Waals surface area contributed by atoms with Crippen molar-refractivity contribution in [1.82, 2.24) is 19.9 Å². The van der Waals surface area contributed by atoms with Crippen molar-refractivity contribution in [1.29, 1.82) is 0 Å². The Morgan fingerprint density at radius 2 is 2.10 bits per heavy atom. The predicted octanol–water partition coefficient (Wildman–Crippen LogP) is 2.63. The summed E-state index contributed by atoms with van der Waals surface area (Å²) in [5.41, 5.74) is 2.20. The molecule has 0 fully saturated rings. The van der Waals surface area contributed by atoms with Crippen molar-refractivity contribution < 1.29 is 4.79 Å². The van der Waals surface area contributed by atoms with Gasteiger partial charge in [0.25, 0.3) is 5.91 Å². The van der Waals surface area contributed by atoms with Crippen molar-refractivity contribution in [3.63, 3.8) is 0 Å². The Morgan fingerprint density at radius 1 is 1.24 bits per heavy atom. The fourth-order valence-corrected chi connectivity index (χ4v) is 2.08. The van der Waals surface area contributed by atoms with Crippen LogP contribution in [0.25, 0.3) is 11.0 Å². The molecule has 0 spiro atoms. The van der Waals surface area contributed by atoms with Crippen molar-refractivity contribution in [2.45, 2.75) is 6.92 Å². The van der Waals surface area contributed by atoms with Gasteiger partial charge in [-0.3, -0.25) is 4.79 Å². The zero-order chi connectivity index (χ0) is 14.8. The average molecular weight is 300 g/mol.